The number of fused-ring (bicyclic) bond motifs is 1. The Morgan fingerprint density at radius 3 is 2.81 bits per heavy atom. The average molecular weight is 297 g/mol. The van der Waals surface area contributed by atoms with Crippen molar-refractivity contribution in [1.29, 1.82) is 0 Å². The Labute approximate surface area is 119 Å². The standard InChI is InChI=1S/C14H14F3N3O/c15-14(16,17)13(21)20-7-3-4-9(8-20)12-18-10-5-1-2-6-11(10)19-12/h1-2,5-6,9H,3-4,7-8H2,(H,18,19). The maximum Gasteiger partial charge on any atom is 0.471 e. The van der Waals surface area contributed by atoms with Gasteiger partial charge in [0.1, 0.15) is 5.82 Å². The zero-order chi connectivity index (χ0) is 15.0. The van der Waals surface area contributed by atoms with Crippen LogP contribution < -0.4 is 0 Å². The van der Waals surface area contributed by atoms with Crippen LogP contribution in [0, 0.1) is 0 Å². The molecule has 112 valence electrons. The summed E-state index contributed by atoms with van der Waals surface area (Å²) < 4.78 is 37.5. The number of amides is 1. The smallest absolute Gasteiger partial charge is 0.342 e. The number of halogens is 3. The minimum Gasteiger partial charge on any atom is -0.342 e. The van der Waals surface area contributed by atoms with E-state index < -0.39 is 12.1 Å². The summed E-state index contributed by atoms with van der Waals surface area (Å²) in [6.45, 7) is 0.202. The fourth-order valence-electron chi connectivity index (χ4n) is 2.73. The first kappa shape index (κ1) is 13.9. The molecule has 7 heteroatoms. The van der Waals surface area contributed by atoms with Gasteiger partial charge in [0.25, 0.3) is 0 Å². The molecular formula is C14H14F3N3O. The van der Waals surface area contributed by atoms with E-state index in [1.807, 2.05) is 24.3 Å². The van der Waals surface area contributed by atoms with Gasteiger partial charge in [-0.3, -0.25) is 4.79 Å². The third kappa shape index (κ3) is 2.72. The number of carbonyl (C=O) groups is 1. The number of para-hydroxylation sites is 2. The average Bonchev–Trinajstić information content (AvgIpc) is 2.89. The van der Waals surface area contributed by atoms with Crippen LogP contribution in [-0.2, 0) is 4.79 Å². The Hall–Kier alpha value is -2.05. The molecule has 1 aromatic carbocycles. The van der Waals surface area contributed by atoms with Gasteiger partial charge in [0.05, 0.1) is 11.0 Å². The van der Waals surface area contributed by atoms with Crippen LogP contribution in [0.3, 0.4) is 0 Å². The number of nitrogens with one attached hydrogen (secondary N) is 1. The van der Waals surface area contributed by atoms with E-state index in [1.54, 1.807) is 0 Å². The van der Waals surface area contributed by atoms with Crippen LogP contribution in [0.4, 0.5) is 13.2 Å². The van der Waals surface area contributed by atoms with Crippen LogP contribution in [0.5, 0.6) is 0 Å². The number of likely N-dealkylation sites (tertiary alicyclic amines) is 1. The number of alkyl halides is 3. The minimum absolute atomic E-state index is 0.0537. The molecule has 1 aromatic heterocycles. The number of hydrogen-bond acceptors (Lipinski definition) is 2. The lowest BCUT2D eigenvalue weighted by Crippen LogP contribution is -2.45. The third-order valence-electron chi connectivity index (χ3n) is 3.75. The van der Waals surface area contributed by atoms with Gasteiger partial charge in [-0.25, -0.2) is 4.98 Å². The minimum atomic E-state index is -4.81. The van der Waals surface area contributed by atoms with E-state index in [2.05, 4.69) is 9.97 Å². The number of aromatic amines is 1. The van der Waals surface area contributed by atoms with Gasteiger partial charge in [-0.15, -0.1) is 0 Å². The fourth-order valence-corrected chi connectivity index (χ4v) is 2.73. The normalized spacial score (nSPS) is 20.0. The molecule has 1 aliphatic rings. The number of nitrogens with zero attached hydrogens (tertiary/aromatic N) is 2. The van der Waals surface area contributed by atoms with Crippen molar-refractivity contribution < 1.29 is 18.0 Å². The van der Waals surface area contributed by atoms with Crippen molar-refractivity contribution in [3.05, 3.63) is 30.1 Å². The van der Waals surface area contributed by atoms with Gasteiger partial charge in [0.2, 0.25) is 0 Å². The molecule has 1 N–H and O–H groups in total. The molecule has 3 rings (SSSR count). The van der Waals surface area contributed by atoms with Crippen molar-refractivity contribution in [3.8, 4) is 0 Å². The van der Waals surface area contributed by atoms with Crippen LogP contribution in [0.25, 0.3) is 11.0 Å². The highest BCUT2D eigenvalue weighted by Gasteiger charge is 2.43. The van der Waals surface area contributed by atoms with E-state index in [-0.39, 0.29) is 19.0 Å². The van der Waals surface area contributed by atoms with Gasteiger partial charge in [0, 0.05) is 19.0 Å². The third-order valence-corrected chi connectivity index (χ3v) is 3.75. The number of piperidine rings is 1. The lowest BCUT2D eigenvalue weighted by Gasteiger charge is -2.32. The second kappa shape index (κ2) is 5.05. The zero-order valence-electron chi connectivity index (χ0n) is 11.2. The SMILES string of the molecule is O=C(N1CCCC(c2nc3ccccc3[nH]2)C1)C(F)(F)F. The molecule has 21 heavy (non-hydrogen) atoms. The highest BCUT2D eigenvalue weighted by molar-refractivity contribution is 5.82. The molecule has 1 amide bonds. The van der Waals surface area contributed by atoms with Crippen LogP contribution in [-0.4, -0.2) is 40.0 Å². The molecule has 0 radical (unpaired) electrons. The van der Waals surface area contributed by atoms with Crippen molar-refractivity contribution >= 4 is 16.9 Å². The van der Waals surface area contributed by atoms with Gasteiger partial charge in [-0.2, -0.15) is 13.2 Å². The van der Waals surface area contributed by atoms with Gasteiger partial charge < -0.3 is 9.88 Å². The molecular weight excluding hydrogens is 283 g/mol. The van der Waals surface area contributed by atoms with Crippen LogP contribution in [0.15, 0.2) is 24.3 Å². The lowest BCUT2D eigenvalue weighted by atomic mass is 9.97. The molecule has 0 aliphatic carbocycles. The number of H-pyrrole nitrogens is 1. The predicted octanol–water partition coefficient (Wildman–Crippen LogP) is 2.83. The van der Waals surface area contributed by atoms with Gasteiger partial charge in [0.15, 0.2) is 0 Å². The summed E-state index contributed by atoms with van der Waals surface area (Å²) >= 11 is 0. The number of benzene rings is 1. The zero-order valence-corrected chi connectivity index (χ0v) is 11.2. The molecule has 0 saturated carbocycles. The Morgan fingerprint density at radius 2 is 2.10 bits per heavy atom. The Balaban J connectivity index is 1.81. The lowest BCUT2D eigenvalue weighted by molar-refractivity contribution is -0.186. The van der Waals surface area contributed by atoms with E-state index in [4.69, 9.17) is 0 Å². The Bertz CT molecular complexity index is 632. The largest absolute Gasteiger partial charge is 0.471 e. The summed E-state index contributed by atoms with van der Waals surface area (Å²) in [5, 5.41) is 0. The van der Waals surface area contributed by atoms with Crippen molar-refractivity contribution in [1.82, 2.24) is 14.9 Å². The first-order valence-electron chi connectivity index (χ1n) is 6.76. The van der Waals surface area contributed by atoms with Crippen LogP contribution in [0.2, 0.25) is 0 Å². The van der Waals surface area contributed by atoms with E-state index in [0.29, 0.717) is 12.2 Å². The molecule has 1 saturated heterocycles. The summed E-state index contributed by atoms with van der Waals surface area (Å²) in [5.74, 6) is -1.29. The quantitative estimate of drug-likeness (QED) is 0.880. The number of rotatable bonds is 1. The maximum absolute atomic E-state index is 12.5. The molecule has 1 aliphatic heterocycles. The fraction of sp³-hybridized carbons (Fsp3) is 0.429. The monoisotopic (exact) mass is 297 g/mol. The molecule has 0 bridgehead atoms. The summed E-state index contributed by atoms with van der Waals surface area (Å²) in [4.78, 5) is 19.8. The highest BCUT2D eigenvalue weighted by Crippen LogP contribution is 2.29. The maximum atomic E-state index is 12.5. The van der Waals surface area contributed by atoms with Crippen molar-refractivity contribution in [3.63, 3.8) is 0 Å². The molecule has 2 heterocycles. The molecule has 0 spiro atoms. The first-order valence-corrected chi connectivity index (χ1v) is 6.76. The second-order valence-electron chi connectivity index (χ2n) is 5.23. The number of hydrogen-bond donors (Lipinski definition) is 1. The second-order valence-corrected chi connectivity index (χ2v) is 5.23. The van der Waals surface area contributed by atoms with E-state index in [9.17, 15) is 18.0 Å². The molecule has 1 fully saturated rings. The number of carbonyl (C=O) groups excluding carboxylic acids is 1. The van der Waals surface area contributed by atoms with E-state index >= 15 is 0 Å². The summed E-state index contributed by atoms with van der Waals surface area (Å²) in [6, 6.07) is 7.43. The van der Waals surface area contributed by atoms with Crippen LogP contribution in [0.1, 0.15) is 24.6 Å². The van der Waals surface area contributed by atoms with Crippen LogP contribution >= 0.6 is 0 Å². The van der Waals surface area contributed by atoms with Crippen molar-refractivity contribution in [2.24, 2.45) is 0 Å². The summed E-state index contributed by atoms with van der Waals surface area (Å²) in [5.41, 5.74) is 1.64. The van der Waals surface area contributed by atoms with E-state index in [0.717, 1.165) is 22.4 Å². The molecule has 1 unspecified atom stereocenters. The van der Waals surface area contributed by atoms with Gasteiger partial charge in [-0.1, -0.05) is 12.1 Å². The topological polar surface area (TPSA) is 49.0 Å². The van der Waals surface area contributed by atoms with Crippen molar-refractivity contribution in [2.45, 2.75) is 24.9 Å². The predicted molar refractivity (Wildman–Crippen MR) is 70.7 cm³/mol. The first-order chi connectivity index (χ1) is 9.95. The Kier molecular flexibility index (Phi) is 3.35. The van der Waals surface area contributed by atoms with Gasteiger partial charge >= 0.3 is 12.1 Å². The number of imidazole rings is 1. The molecule has 4 nitrogen and oxygen atoms in total. The summed E-state index contributed by atoms with van der Waals surface area (Å²) in [6.07, 6.45) is -3.54. The van der Waals surface area contributed by atoms with Crippen molar-refractivity contribution in [2.75, 3.05) is 13.1 Å². The summed E-state index contributed by atoms with van der Waals surface area (Å²) in [7, 11) is 0. The molecule has 2 aromatic rings. The number of aromatic nitrogens is 2. The Morgan fingerprint density at radius 1 is 1.33 bits per heavy atom. The van der Waals surface area contributed by atoms with E-state index in [1.165, 1.54) is 0 Å². The van der Waals surface area contributed by atoms with Gasteiger partial charge in [-0.05, 0) is 25.0 Å². The molecule has 1 atom stereocenters. The highest BCUT2D eigenvalue weighted by atomic mass is 19.4.